The van der Waals surface area contributed by atoms with Crippen LogP contribution in [0, 0.1) is 0 Å². The van der Waals surface area contributed by atoms with Crippen molar-refractivity contribution < 1.29 is 14.3 Å². The molecule has 172 valence electrons. The number of benzene rings is 1. The summed E-state index contributed by atoms with van der Waals surface area (Å²) in [7, 11) is 1.77. The van der Waals surface area contributed by atoms with E-state index in [9.17, 15) is 9.59 Å². The summed E-state index contributed by atoms with van der Waals surface area (Å²) in [5, 5.41) is 11.0. The molecule has 2 aromatic rings. The Balaban J connectivity index is 1.34. The highest BCUT2D eigenvalue weighted by Gasteiger charge is 2.51. The third-order valence-electron chi connectivity index (χ3n) is 7.77. The molecule has 8 nitrogen and oxygen atoms in total. The van der Waals surface area contributed by atoms with Gasteiger partial charge in [-0.25, -0.2) is 0 Å². The van der Waals surface area contributed by atoms with Crippen LogP contribution < -0.4 is 5.32 Å². The largest absolute Gasteiger partial charge is 0.381 e. The topological polar surface area (TPSA) is 90.6 Å². The maximum atomic E-state index is 14.0. The zero-order valence-corrected chi connectivity index (χ0v) is 18.8. The Bertz CT molecular complexity index is 975. The quantitative estimate of drug-likeness (QED) is 0.748. The van der Waals surface area contributed by atoms with Crippen molar-refractivity contribution in [2.75, 3.05) is 32.1 Å². The molecule has 3 heterocycles. The fraction of sp³-hybridized carbons (Fsp3) is 0.625. The number of hydrogen-bond acceptors (Lipinski definition) is 5. The Morgan fingerprint density at radius 3 is 2.66 bits per heavy atom. The fourth-order valence-electron chi connectivity index (χ4n) is 5.99. The predicted octanol–water partition coefficient (Wildman–Crippen LogP) is 2.92. The van der Waals surface area contributed by atoms with Crippen LogP contribution in [-0.4, -0.2) is 76.2 Å². The van der Waals surface area contributed by atoms with Crippen LogP contribution in [-0.2, 0) is 14.3 Å². The van der Waals surface area contributed by atoms with Gasteiger partial charge in [0.2, 0.25) is 11.8 Å². The van der Waals surface area contributed by atoms with Crippen molar-refractivity contribution in [2.45, 2.75) is 69.1 Å². The predicted molar refractivity (Wildman–Crippen MR) is 122 cm³/mol. The zero-order chi connectivity index (χ0) is 22.1. The third kappa shape index (κ3) is 3.69. The highest BCUT2D eigenvalue weighted by atomic mass is 16.5. The third-order valence-corrected chi connectivity index (χ3v) is 7.77. The lowest BCUT2D eigenvalue weighted by atomic mass is 9.89. The first-order valence-electron chi connectivity index (χ1n) is 11.9. The van der Waals surface area contributed by atoms with Gasteiger partial charge in [0.15, 0.2) is 0 Å². The number of amides is 2. The van der Waals surface area contributed by atoms with Gasteiger partial charge in [0, 0.05) is 32.1 Å². The molecule has 3 fully saturated rings. The second kappa shape index (κ2) is 8.83. The number of carbonyl (C=O) groups is 2. The van der Waals surface area contributed by atoms with Crippen molar-refractivity contribution in [3.8, 4) is 0 Å². The number of nitrogens with zero attached hydrogens (tertiary/aromatic N) is 3. The van der Waals surface area contributed by atoms with Gasteiger partial charge < -0.3 is 15.0 Å². The molecule has 32 heavy (non-hydrogen) atoms. The number of nitrogens with one attached hydrogen (secondary N) is 2. The van der Waals surface area contributed by atoms with E-state index in [2.05, 4.69) is 20.4 Å². The molecule has 3 aliphatic rings. The summed E-state index contributed by atoms with van der Waals surface area (Å²) in [6.45, 7) is 2.43. The van der Waals surface area contributed by atoms with Gasteiger partial charge in [0.25, 0.3) is 0 Å². The fourth-order valence-corrected chi connectivity index (χ4v) is 5.99. The molecule has 0 bridgehead atoms. The van der Waals surface area contributed by atoms with Gasteiger partial charge in [0.05, 0.1) is 23.5 Å². The van der Waals surface area contributed by atoms with Crippen molar-refractivity contribution in [1.29, 1.82) is 0 Å². The number of carbonyl (C=O) groups excluding carboxylic acids is 2. The number of ether oxygens (including phenoxy) is 1. The minimum absolute atomic E-state index is 0.101. The maximum absolute atomic E-state index is 14.0. The van der Waals surface area contributed by atoms with Crippen LogP contribution in [0.25, 0.3) is 10.9 Å². The first-order valence-corrected chi connectivity index (χ1v) is 11.9. The van der Waals surface area contributed by atoms with Crippen LogP contribution in [0.3, 0.4) is 0 Å². The van der Waals surface area contributed by atoms with Gasteiger partial charge in [-0.3, -0.25) is 19.6 Å². The second-order valence-electron chi connectivity index (χ2n) is 9.44. The smallest absolute Gasteiger partial charge is 0.247 e. The molecule has 1 saturated carbocycles. The first kappa shape index (κ1) is 21.4. The number of fused-ring (bicyclic) bond motifs is 1. The molecule has 5 rings (SSSR count). The summed E-state index contributed by atoms with van der Waals surface area (Å²) in [4.78, 5) is 31.6. The molecule has 1 aromatic heterocycles. The summed E-state index contributed by atoms with van der Waals surface area (Å²) in [5.41, 5.74) is 1.16. The highest BCUT2D eigenvalue weighted by molar-refractivity contribution is 6.04. The van der Waals surface area contributed by atoms with Crippen LogP contribution in [0.5, 0.6) is 0 Å². The highest BCUT2D eigenvalue weighted by Crippen LogP contribution is 2.40. The first-order chi connectivity index (χ1) is 15.6. The molecular weight excluding hydrogens is 406 g/mol. The number of likely N-dealkylation sites (tertiary alicyclic amines) is 2. The van der Waals surface area contributed by atoms with Gasteiger partial charge in [-0.05, 0) is 50.7 Å². The van der Waals surface area contributed by atoms with Crippen LogP contribution in [0.4, 0.5) is 5.69 Å². The second-order valence-corrected chi connectivity index (χ2v) is 9.44. The number of piperidine rings is 1. The van der Waals surface area contributed by atoms with Crippen molar-refractivity contribution in [3.63, 3.8) is 0 Å². The van der Waals surface area contributed by atoms with Gasteiger partial charge >= 0.3 is 0 Å². The number of rotatable bonds is 5. The summed E-state index contributed by atoms with van der Waals surface area (Å²) < 4.78 is 5.54. The number of aromatic nitrogens is 2. The molecule has 2 aliphatic heterocycles. The maximum Gasteiger partial charge on any atom is 0.247 e. The van der Waals surface area contributed by atoms with E-state index >= 15 is 0 Å². The Morgan fingerprint density at radius 2 is 1.91 bits per heavy atom. The van der Waals surface area contributed by atoms with Crippen LogP contribution in [0.2, 0.25) is 0 Å². The summed E-state index contributed by atoms with van der Waals surface area (Å²) in [6.07, 6.45) is 9.43. The molecule has 0 unspecified atom stereocenters. The Kier molecular flexibility index (Phi) is 5.90. The van der Waals surface area contributed by atoms with Gasteiger partial charge in [0.1, 0.15) is 11.6 Å². The van der Waals surface area contributed by atoms with Crippen LogP contribution >= 0.6 is 0 Å². The lowest BCUT2D eigenvalue weighted by Crippen LogP contribution is -2.62. The monoisotopic (exact) mass is 439 g/mol. The van der Waals surface area contributed by atoms with E-state index in [0.29, 0.717) is 13.0 Å². The van der Waals surface area contributed by atoms with Crippen molar-refractivity contribution in [2.24, 2.45) is 0 Å². The average molecular weight is 440 g/mol. The number of anilines is 1. The van der Waals surface area contributed by atoms with Gasteiger partial charge in [-0.15, -0.1) is 0 Å². The van der Waals surface area contributed by atoms with E-state index in [1.165, 1.54) is 0 Å². The molecule has 8 heteroatoms. The SMILES string of the molecule is COC1CCN(C2(C(=O)N3CCC[C@@H]3C(=O)Nc3cccc4[nH]ncc34)CCCC2)CC1. The minimum Gasteiger partial charge on any atom is -0.381 e. The zero-order valence-electron chi connectivity index (χ0n) is 18.8. The molecule has 2 saturated heterocycles. The lowest BCUT2D eigenvalue weighted by Gasteiger charge is -2.46. The minimum atomic E-state index is -0.452. The standard InChI is InChI=1S/C24H33N5O3/c1-32-17-9-14-28(15-10-17)24(11-2-3-12-24)23(31)29-13-5-8-21(29)22(30)26-19-6-4-7-20-18(19)16-25-27-20/h4,6-7,16-17,21H,2-3,5,8-15H2,1H3,(H,25,27)(H,26,30)/t21-/m1/s1. The Labute approximate surface area is 188 Å². The van der Waals surface area contributed by atoms with E-state index in [1.807, 2.05) is 23.1 Å². The molecule has 2 N–H and O–H groups in total. The molecule has 0 spiro atoms. The number of hydrogen-bond donors (Lipinski definition) is 2. The normalized spacial score (nSPS) is 24.3. The molecule has 2 amide bonds. The molecule has 0 radical (unpaired) electrons. The summed E-state index contributed by atoms with van der Waals surface area (Å²) >= 11 is 0. The van der Waals surface area contributed by atoms with E-state index in [-0.39, 0.29) is 17.9 Å². The lowest BCUT2D eigenvalue weighted by molar-refractivity contribution is -0.149. The molecule has 1 aromatic carbocycles. The number of aromatic amines is 1. The van der Waals surface area contributed by atoms with E-state index in [4.69, 9.17) is 4.74 Å². The van der Waals surface area contributed by atoms with Crippen LogP contribution in [0.15, 0.2) is 24.4 Å². The van der Waals surface area contributed by atoms with E-state index < -0.39 is 11.6 Å². The van der Waals surface area contributed by atoms with Crippen LogP contribution in [0.1, 0.15) is 51.4 Å². The molecule has 1 aliphatic carbocycles. The van der Waals surface area contributed by atoms with Crippen molar-refractivity contribution >= 4 is 28.4 Å². The van der Waals surface area contributed by atoms with E-state index in [1.54, 1.807) is 13.3 Å². The molecule has 1 atom stereocenters. The molecular formula is C24H33N5O3. The van der Waals surface area contributed by atoms with E-state index in [0.717, 1.165) is 74.6 Å². The van der Waals surface area contributed by atoms with Crippen molar-refractivity contribution in [3.05, 3.63) is 24.4 Å². The van der Waals surface area contributed by atoms with Crippen molar-refractivity contribution in [1.82, 2.24) is 20.0 Å². The summed E-state index contributed by atoms with van der Waals surface area (Å²) in [6, 6.07) is 5.29. The number of H-pyrrole nitrogens is 1. The van der Waals surface area contributed by atoms with Gasteiger partial charge in [-0.2, -0.15) is 5.10 Å². The average Bonchev–Trinajstić information content (AvgIpc) is 3.59. The summed E-state index contributed by atoms with van der Waals surface area (Å²) in [5.74, 6) is 0.0563. The Hall–Kier alpha value is -2.45. The number of methoxy groups -OCH3 is 1. The van der Waals surface area contributed by atoms with Gasteiger partial charge in [-0.1, -0.05) is 18.9 Å². The Morgan fingerprint density at radius 1 is 1.12 bits per heavy atom.